The van der Waals surface area contributed by atoms with E-state index in [-0.39, 0.29) is 11.9 Å². The molecule has 3 unspecified atom stereocenters. The summed E-state index contributed by atoms with van der Waals surface area (Å²) in [7, 11) is 0. The third-order valence-corrected chi connectivity index (χ3v) is 5.52. The highest BCUT2D eigenvalue weighted by Gasteiger charge is 2.45. The normalized spacial score (nSPS) is 28.8. The molecule has 1 heterocycles. The zero-order valence-corrected chi connectivity index (χ0v) is 13.4. The fourth-order valence-corrected chi connectivity index (χ4v) is 4.06. The highest BCUT2D eigenvalue weighted by atomic mass is 35.5. The molecule has 0 radical (unpaired) electrons. The Labute approximate surface area is 131 Å². The summed E-state index contributed by atoms with van der Waals surface area (Å²) in [5.41, 5.74) is 6.59. The van der Waals surface area contributed by atoms with E-state index >= 15 is 0 Å². The highest BCUT2D eigenvalue weighted by molar-refractivity contribution is 6.30. The molecule has 0 aromatic heterocycles. The Bertz CT molecular complexity index is 557. The van der Waals surface area contributed by atoms with Gasteiger partial charge in [-0.1, -0.05) is 23.7 Å². The fourth-order valence-electron chi connectivity index (χ4n) is 3.87. The lowest BCUT2D eigenvalue weighted by molar-refractivity contribution is -0.135. The number of nitrogens with zero attached hydrogens (tertiary/aromatic N) is 1. The third kappa shape index (κ3) is 2.58. The number of rotatable bonds is 2. The number of carbonyl (C=O) groups excluding carboxylic acids is 1. The SMILES string of the molecule is CC(C)(C(=O)N1CC2CCC(N)C2C1)c1cccc(Cl)c1. The van der Waals surface area contributed by atoms with Crippen LogP contribution >= 0.6 is 11.6 Å². The van der Waals surface area contributed by atoms with Crippen LogP contribution in [-0.2, 0) is 10.2 Å². The van der Waals surface area contributed by atoms with Crippen LogP contribution in [0, 0.1) is 11.8 Å². The fraction of sp³-hybridized carbons (Fsp3) is 0.588. The number of likely N-dealkylation sites (tertiary alicyclic amines) is 1. The Morgan fingerprint density at radius 1 is 1.33 bits per heavy atom. The van der Waals surface area contributed by atoms with E-state index in [0.717, 1.165) is 31.5 Å². The lowest BCUT2D eigenvalue weighted by Crippen LogP contribution is -2.43. The number of amides is 1. The molecule has 1 aliphatic heterocycles. The minimum atomic E-state index is -0.548. The number of fused-ring (bicyclic) bond motifs is 1. The summed E-state index contributed by atoms with van der Waals surface area (Å²) < 4.78 is 0. The molecule has 21 heavy (non-hydrogen) atoms. The van der Waals surface area contributed by atoms with Crippen molar-refractivity contribution in [2.75, 3.05) is 13.1 Å². The molecule has 2 aliphatic rings. The number of halogens is 1. The van der Waals surface area contributed by atoms with Crippen LogP contribution in [0.2, 0.25) is 5.02 Å². The van der Waals surface area contributed by atoms with E-state index in [0.29, 0.717) is 16.9 Å². The number of benzene rings is 1. The molecule has 1 saturated carbocycles. The summed E-state index contributed by atoms with van der Waals surface area (Å²) >= 11 is 6.07. The first-order valence-corrected chi connectivity index (χ1v) is 8.08. The van der Waals surface area contributed by atoms with E-state index in [1.54, 1.807) is 0 Å². The molecule has 2 N–H and O–H groups in total. The predicted octanol–water partition coefficient (Wildman–Crippen LogP) is 2.81. The van der Waals surface area contributed by atoms with Crippen molar-refractivity contribution >= 4 is 17.5 Å². The van der Waals surface area contributed by atoms with Gasteiger partial charge in [-0.2, -0.15) is 0 Å². The summed E-state index contributed by atoms with van der Waals surface area (Å²) in [6, 6.07) is 7.88. The van der Waals surface area contributed by atoms with Crippen LogP contribution < -0.4 is 5.73 Å². The standard InChI is InChI=1S/C17H23ClN2O/c1-17(2,12-4-3-5-13(18)8-12)16(21)20-9-11-6-7-15(19)14(11)10-20/h3-5,8,11,14-15H,6-7,9-10,19H2,1-2H3. The Morgan fingerprint density at radius 3 is 2.76 bits per heavy atom. The van der Waals surface area contributed by atoms with E-state index in [2.05, 4.69) is 0 Å². The molecule has 1 aromatic carbocycles. The third-order valence-electron chi connectivity index (χ3n) is 5.28. The maximum atomic E-state index is 13.0. The zero-order chi connectivity index (χ0) is 15.2. The highest BCUT2D eigenvalue weighted by Crippen LogP contribution is 2.39. The van der Waals surface area contributed by atoms with E-state index in [9.17, 15) is 4.79 Å². The van der Waals surface area contributed by atoms with Crippen molar-refractivity contribution in [2.45, 2.75) is 38.1 Å². The maximum Gasteiger partial charge on any atom is 0.232 e. The number of hydrogen-bond acceptors (Lipinski definition) is 2. The summed E-state index contributed by atoms with van der Waals surface area (Å²) in [6.07, 6.45) is 2.27. The van der Waals surface area contributed by atoms with Crippen molar-refractivity contribution in [3.8, 4) is 0 Å². The molecule has 3 atom stereocenters. The zero-order valence-electron chi connectivity index (χ0n) is 12.7. The quantitative estimate of drug-likeness (QED) is 0.913. The Hall–Kier alpha value is -1.06. The molecule has 3 rings (SSSR count). The van der Waals surface area contributed by atoms with Crippen LogP contribution in [0.25, 0.3) is 0 Å². The van der Waals surface area contributed by atoms with Crippen molar-refractivity contribution in [1.82, 2.24) is 4.90 Å². The lowest BCUT2D eigenvalue weighted by Gasteiger charge is -2.30. The van der Waals surface area contributed by atoms with Crippen molar-refractivity contribution in [2.24, 2.45) is 17.6 Å². The monoisotopic (exact) mass is 306 g/mol. The van der Waals surface area contributed by atoms with E-state index in [4.69, 9.17) is 17.3 Å². The lowest BCUT2D eigenvalue weighted by atomic mass is 9.83. The van der Waals surface area contributed by atoms with Crippen molar-refractivity contribution < 1.29 is 4.79 Å². The van der Waals surface area contributed by atoms with Crippen LogP contribution in [0.5, 0.6) is 0 Å². The molecule has 4 heteroatoms. The largest absolute Gasteiger partial charge is 0.341 e. The summed E-state index contributed by atoms with van der Waals surface area (Å²) in [5, 5.41) is 0.675. The van der Waals surface area contributed by atoms with Crippen molar-refractivity contribution in [3.05, 3.63) is 34.9 Å². The Morgan fingerprint density at radius 2 is 2.10 bits per heavy atom. The maximum absolute atomic E-state index is 13.0. The topological polar surface area (TPSA) is 46.3 Å². The molecular formula is C17H23ClN2O. The molecular weight excluding hydrogens is 284 g/mol. The van der Waals surface area contributed by atoms with Gasteiger partial charge in [0.2, 0.25) is 5.91 Å². The van der Waals surface area contributed by atoms with Gasteiger partial charge in [-0.3, -0.25) is 4.79 Å². The predicted molar refractivity (Wildman–Crippen MR) is 85.2 cm³/mol. The first-order chi connectivity index (χ1) is 9.89. The molecule has 114 valence electrons. The van der Waals surface area contributed by atoms with Crippen LogP contribution in [0.3, 0.4) is 0 Å². The molecule has 0 bridgehead atoms. The van der Waals surface area contributed by atoms with Gasteiger partial charge in [0.15, 0.2) is 0 Å². The van der Waals surface area contributed by atoms with Gasteiger partial charge >= 0.3 is 0 Å². The first kappa shape index (κ1) is 14.9. The van der Waals surface area contributed by atoms with Gasteiger partial charge in [0, 0.05) is 24.2 Å². The minimum absolute atomic E-state index is 0.186. The van der Waals surface area contributed by atoms with Crippen LogP contribution in [0.15, 0.2) is 24.3 Å². The second-order valence-corrected chi connectivity index (χ2v) is 7.45. The number of nitrogens with two attached hydrogens (primary N) is 1. The van der Waals surface area contributed by atoms with Crippen molar-refractivity contribution in [3.63, 3.8) is 0 Å². The van der Waals surface area contributed by atoms with E-state index in [1.165, 1.54) is 0 Å². The van der Waals surface area contributed by atoms with Crippen LogP contribution in [0.1, 0.15) is 32.3 Å². The Kier molecular flexibility index (Phi) is 3.74. The minimum Gasteiger partial charge on any atom is -0.341 e. The molecule has 1 saturated heterocycles. The van der Waals surface area contributed by atoms with Crippen LogP contribution in [0.4, 0.5) is 0 Å². The van der Waals surface area contributed by atoms with Gasteiger partial charge in [-0.25, -0.2) is 0 Å². The Balaban J connectivity index is 1.79. The number of hydrogen-bond donors (Lipinski definition) is 1. The van der Waals surface area contributed by atoms with Gasteiger partial charge in [0.1, 0.15) is 0 Å². The molecule has 1 aliphatic carbocycles. The average Bonchev–Trinajstić information content (AvgIpc) is 3.00. The summed E-state index contributed by atoms with van der Waals surface area (Å²) in [6.45, 7) is 5.64. The van der Waals surface area contributed by atoms with E-state index < -0.39 is 5.41 Å². The van der Waals surface area contributed by atoms with Gasteiger partial charge in [0.25, 0.3) is 0 Å². The van der Waals surface area contributed by atoms with Gasteiger partial charge in [0.05, 0.1) is 5.41 Å². The van der Waals surface area contributed by atoms with Gasteiger partial charge in [-0.05, 0) is 56.2 Å². The molecule has 2 fully saturated rings. The number of carbonyl (C=O) groups is 1. The first-order valence-electron chi connectivity index (χ1n) is 7.70. The smallest absolute Gasteiger partial charge is 0.232 e. The second-order valence-electron chi connectivity index (χ2n) is 7.01. The molecule has 1 aromatic rings. The summed E-state index contributed by atoms with van der Waals surface area (Å²) in [4.78, 5) is 15.0. The van der Waals surface area contributed by atoms with E-state index in [1.807, 2.05) is 43.0 Å². The van der Waals surface area contributed by atoms with Crippen molar-refractivity contribution in [1.29, 1.82) is 0 Å². The molecule has 1 amide bonds. The van der Waals surface area contributed by atoms with Crippen LogP contribution in [-0.4, -0.2) is 29.9 Å². The average molecular weight is 307 g/mol. The second kappa shape index (κ2) is 5.29. The summed E-state index contributed by atoms with van der Waals surface area (Å²) in [5.74, 6) is 1.27. The molecule has 0 spiro atoms. The van der Waals surface area contributed by atoms with Gasteiger partial charge < -0.3 is 10.6 Å². The van der Waals surface area contributed by atoms with Gasteiger partial charge in [-0.15, -0.1) is 0 Å². The molecule has 3 nitrogen and oxygen atoms in total.